The van der Waals surface area contributed by atoms with Crippen molar-refractivity contribution in [2.24, 2.45) is 0 Å². The van der Waals surface area contributed by atoms with E-state index in [0.29, 0.717) is 0 Å². The smallest absolute Gasteiger partial charge is 0.130 e. The maximum absolute atomic E-state index is 6.27. The molecule has 0 aromatic heterocycles. The van der Waals surface area contributed by atoms with Crippen molar-refractivity contribution in [3.63, 3.8) is 0 Å². The van der Waals surface area contributed by atoms with Gasteiger partial charge in [-0.1, -0.05) is 95.5 Å². The lowest BCUT2D eigenvalue weighted by Gasteiger charge is -2.16. The second kappa shape index (κ2) is 13.4. The minimum atomic E-state index is 0.935. The molecule has 0 aliphatic rings. The fourth-order valence-electron chi connectivity index (χ4n) is 3.66. The molecule has 0 saturated heterocycles. The van der Waals surface area contributed by atoms with Gasteiger partial charge in [-0.05, 0) is 55.0 Å². The third-order valence-corrected chi connectivity index (χ3v) is 5.28. The normalized spacial score (nSPS) is 10.9. The van der Waals surface area contributed by atoms with Gasteiger partial charge < -0.3 is 4.74 Å². The summed E-state index contributed by atoms with van der Waals surface area (Å²) in [5.74, 6) is 1.99. The topological polar surface area (TPSA) is 9.23 Å². The Morgan fingerprint density at radius 2 is 1.22 bits per heavy atom. The molecule has 0 unspecified atom stereocenters. The number of hydrogen-bond donors (Lipinski definition) is 0. The van der Waals surface area contributed by atoms with E-state index in [1.54, 1.807) is 0 Å². The van der Waals surface area contributed by atoms with Crippen LogP contribution in [0.3, 0.4) is 0 Å². The van der Waals surface area contributed by atoms with E-state index in [2.05, 4.69) is 32.0 Å². The summed E-state index contributed by atoms with van der Waals surface area (Å²) in [6.45, 7) is 4.56. The van der Waals surface area contributed by atoms with Gasteiger partial charge in [0, 0.05) is 0 Å². The predicted molar refractivity (Wildman–Crippen MR) is 118 cm³/mol. The quantitative estimate of drug-likeness (QED) is 0.304. The predicted octanol–water partition coefficient (Wildman–Crippen LogP) is 8.50. The van der Waals surface area contributed by atoms with Crippen molar-refractivity contribution in [2.45, 2.75) is 90.9 Å². The number of benzene rings is 2. The molecule has 148 valence electrons. The van der Waals surface area contributed by atoms with E-state index in [1.807, 2.05) is 30.3 Å². The average molecular weight is 367 g/mol. The molecule has 27 heavy (non-hydrogen) atoms. The van der Waals surface area contributed by atoms with E-state index in [-0.39, 0.29) is 0 Å². The van der Waals surface area contributed by atoms with Crippen LogP contribution < -0.4 is 4.74 Å². The van der Waals surface area contributed by atoms with Crippen LogP contribution in [0.4, 0.5) is 0 Å². The van der Waals surface area contributed by atoms with Gasteiger partial charge in [-0.15, -0.1) is 0 Å². The Hall–Kier alpha value is -1.76. The van der Waals surface area contributed by atoms with Gasteiger partial charge in [-0.3, -0.25) is 0 Å². The zero-order valence-electron chi connectivity index (χ0n) is 17.5. The van der Waals surface area contributed by atoms with E-state index < -0.39 is 0 Å². The Bertz CT molecular complexity index is 617. The maximum Gasteiger partial charge on any atom is 0.130 e. The van der Waals surface area contributed by atoms with Gasteiger partial charge in [0.1, 0.15) is 11.5 Å². The van der Waals surface area contributed by atoms with E-state index in [1.165, 1.54) is 81.8 Å². The third kappa shape index (κ3) is 8.20. The summed E-state index contributed by atoms with van der Waals surface area (Å²) in [4.78, 5) is 0. The van der Waals surface area contributed by atoms with E-state index in [9.17, 15) is 0 Å². The SMILES string of the molecule is CCCCCCCc1cccc(Oc2ccccc2)c1CCCCCCC. The largest absolute Gasteiger partial charge is 0.457 e. The lowest BCUT2D eigenvalue weighted by Crippen LogP contribution is -1.99. The van der Waals surface area contributed by atoms with Crippen molar-refractivity contribution in [1.29, 1.82) is 0 Å². The highest BCUT2D eigenvalue weighted by Crippen LogP contribution is 2.30. The molecule has 1 heteroatoms. The first-order valence-electron chi connectivity index (χ1n) is 11.2. The van der Waals surface area contributed by atoms with Crippen LogP contribution in [0.2, 0.25) is 0 Å². The van der Waals surface area contributed by atoms with E-state index in [0.717, 1.165) is 17.9 Å². The summed E-state index contributed by atoms with van der Waals surface area (Å²) >= 11 is 0. The van der Waals surface area contributed by atoms with Gasteiger partial charge in [0.2, 0.25) is 0 Å². The highest BCUT2D eigenvalue weighted by atomic mass is 16.5. The van der Waals surface area contributed by atoms with Gasteiger partial charge in [-0.25, -0.2) is 0 Å². The second-order valence-electron chi connectivity index (χ2n) is 7.64. The molecule has 0 radical (unpaired) electrons. The lowest BCUT2D eigenvalue weighted by molar-refractivity contribution is 0.472. The molecular formula is C26H38O. The molecule has 2 rings (SSSR count). The first-order chi connectivity index (χ1) is 13.3. The van der Waals surface area contributed by atoms with Crippen molar-refractivity contribution in [3.05, 3.63) is 59.7 Å². The molecule has 0 aliphatic heterocycles. The van der Waals surface area contributed by atoms with Gasteiger partial charge in [0.05, 0.1) is 0 Å². The van der Waals surface area contributed by atoms with Crippen molar-refractivity contribution in [2.75, 3.05) is 0 Å². The zero-order valence-corrected chi connectivity index (χ0v) is 17.5. The van der Waals surface area contributed by atoms with Crippen LogP contribution in [0.5, 0.6) is 11.5 Å². The van der Waals surface area contributed by atoms with Crippen molar-refractivity contribution in [1.82, 2.24) is 0 Å². The molecular weight excluding hydrogens is 328 g/mol. The highest BCUT2D eigenvalue weighted by molar-refractivity contribution is 5.43. The molecule has 0 saturated carbocycles. The Balaban J connectivity index is 2.04. The fraction of sp³-hybridized carbons (Fsp3) is 0.538. The highest BCUT2D eigenvalue weighted by Gasteiger charge is 2.10. The van der Waals surface area contributed by atoms with E-state index >= 15 is 0 Å². The fourth-order valence-corrected chi connectivity index (χ4v) is 3.66. The van der Waals surface area contributed by atoms with Gasteiger partial charge in [0.25, 0.3) is 0 Å². The molecule has 2 aromatic rings. The number of unbranched alkanes of at least 4 members (excludes halogenated alkanes) is 8. The summed E-state index contributed by atoms with van der Waals surface area (Å²) in [5.41, 5.74) is 2.93. The van der Waals surface area contributed by atoms with Crippen LogP contribution >= 0.6 is 0 Å². The summed E-state index contributed by atoms with van der Waals surface area (Å²) in [7, 11) is 0. The van der Waals surface area contributed by atoms with Gasteiger partial charge in [0.15, 0.2) is 0 Å². The molecule has 0 atom stereocenters. The summed E-state index contributed by atoms with van der Waals surface area (Å²) < 4.78 is 6.27. The number of para-hydroxylation sites is 1. The first-order valence-corrected chi connectivity index (χ1v) is 11.2. The number of aryl methyl sites for hydroxylation is 1. The second-order valence-corrected chi connectivity index (χ2v) is 7.64. The number of ether oxygens (including phenoxy) is 1. The maximum atomic E-state index is 6.27. The zero-order chi connectivity index (χ0) is 19.2. The lowest BCUT2D eigenvalue weighted by atomic mass is 9.95. The van der Waals surface area contributed by atoms with Crippen LogP contribution in [0.1, 0.15) is 89.2 Å². The Kier molecular flexibility index (Phi) is 10.7. The summed E-state index contributed by atoms with van der Waals surface area (Å²) in [6, 6.07) is 16.8. The van der Waals surface area contributed by atoms with Gasteiger partial charge in [-0.2, -0.15) is 0 Å². The molecule has 0 aliphatic carbocycles. The minimum absolute atomic E-state index is 0.935. The standard InChI is InChI=1S/C26H38O/c1-3-5-7-9-12-17-23-18-16-22-26(27-24-19-13-11-14-20-24)25(23)21-15-10-8-6-4-2/h11,13-14,16,18-20,22H,3-10,12,15,17,21H2,1-2H3. The van der Waals surface area contributed by atoms with Crippen molar-refractivity contribution < 1.29 is 4.74 Å². The number of hydrogen-bond acceptors (Lipinski definition) is 1. The molecule has 1 nitrogen and oxygen atoms in total. The Labute approximate surface area is 167 Å². The molecule has 0 fully saturated rings. The van der Waals surface area contributed by atoms with Crippen LogP contribution in [-0.2, 0) is 12.8 Å². The van der Waals surface area contributed by atoms with Crippen LogP contribution in [0, 0.1) is 0 Å². The Morgan fingerprint density at radius 3 is 1.89 bits per heavy atom. The average Bonchev–Trinajstić information content (AvgIpc) is 2.70. The Morgan fingerprint density at radius 1 is 0.593 bits per heavy atom. The molecule has 0 amide bonds. The van der Waals surface area contributed by atoms with Crippen molar-refractivity contribution >= 4 is 0 Å². The summed E-state index contributed by atoms with van der Waals surface area (Å²) in [5, 5.41) is 0. The third-order valence-electron chi connectivity index (χ3n) is 5.28. The van der Waals surface area contributed by atoms with Crippen molar-refractivity contribution in [3.8, 4) is 11.5 Å². The minimum Gasteiger partial charge on any atom is -0.457 e. The monoisotopic (exact) mass is 366 g/mol. The molecule has 0 spiro atoms. The van der Waals surface area contributed by atoms with Crippen LogP contribution in [0.25, 0.3) is 0 Å². The van der Waals surface area contributed by atoms with Gasteiger partial charge >= 0.3 is 0 Å². The van der Waals surface area contributed by atoms with Crippen LogP contribution in [0.15, 0.2) is 48.5 Å². The summed E-state index contributed by atoms with van der Waals surface area (Å²) in [6.07, 6.45) is 15.6. The number of rotatable bonds is 14. The van der Waals surface area contributed by atoms with E-state index in [4.69, 9.17) is 4.74 Å². The molecule has 0 N–H and O–H groups in total. The molecule has 0 bridgehead atoms. The first kappa shape index (κ1) is 21.5. The van der Waals surface area contributed by atoms with Crippen LogP contribution in [-0.4, -0.2) is 0 Å². The molecule has 2 aromatic carbocycles. The molecule has 0 heterocycles.